The standard InChI is InChI=1S/C22H28N2O10/c25-17-4-2-10-23(17)11-13-33-21(30)7-8-22(31)34-16-3-1-9-24(18(26)15-16)12-14-32-20(29)6-5-19(27)28/h5-8,16H,1-4,9-15H2,(H,27,28)/b6-5+,8-7+. The number of aliphatic carboxylic acids is 1. The van der Waals surface area contributed by atoms with Crippen LogP contribution in [-0.4, -0.2) is 96.1 Å². The van der Waals surface area contributed by atoms with Gasteiger partial charge in [-0.15, -0.1) is 0 Å². The van der Waals surface area contributed by atoms with Crippen molar-refractivity contribution in [2.45, 2.75) is 38.2 Å². The number of likely N-dealkylation sites (tertiary alicyclic amines) is 2. The Morgan fingerprint density at radius 3 is 1.97 bits per heavy atom. The zero-order valence-electron chi connectivity index (χ0n) is 18.7. The topological polar surface area (TPSA) is 157 Å². The first-order valence-corrected chi connectivity index (χ1v) is 10.9. The summed E-state index contributed by atoms with van der Waals surface area (Å²) in [7, 11) is 0. The number of carboxylic acids is 1. The molecule has 2 aliphatic heterocycles. The fourth-order valence-corrected chi connectivity index (χ4v) is 3.43. The minimum atomic E-state index is -1.28. The van der Waals surface area contributed by atoms with Gasteiger partial charge < -0.3 is 29.1 Å². The summed E-state index contributed by atoms with van der Waals surface area (Å²) in [6.07, 6.45) is 4.87. The summed E-state index contributed by atoms with van der Waals surface area (Å²) in [5.41, 5.74) is 0. The largest absolute Gasteiger partial charge is 0.478 e. The summed E-state index contributed by atoms with van der Waals surface area (Å²) in [5.74, 6) is -3.88. The van der Waals surface area contributed by atoms with Crippen LogP contribution in [0.3, 0.4) is 0 Å². The third kappa shape index (κ3) is 9.84. The molecule has 12 nitrogen and oxygen atoms in total. The normalized spacial score (nSPS) is 18.9. The van der Waals surface area contributed by atoms with Crippen molar-refractivity contribution in [2.75, 3.05) is 39.4 Å². The maximum Gasteiger partial charge on any atom is 0.331 e. The van der Waals surface area contributed by atoms with E-state index < -0.39 is 30.0 Å². The monoisotopic (exact) mass is 480 g/mol. The van der Waals surface area contributed by atoms with Crippen LogP contribution in [0.25, 0.3) is 0 Å². The number of ether oxygens (including phenoxy) is 3. The second kappa shape index (κ2) is 13.8. The van der Waals surface area contributed by atoms with E-state index in [4.69, 9.17) is 19.3 Å². The molecular formula is C22H28N2O10. The minimum Gasteiger partial charge on any atom is -0.478 e. The number of rotatable bonds is 11. The highest BCUT2D eigenvalue weighted by Gasteiger charge is 2.26. The van der Waals surface area contributed by atoms with Crippen LogP contribution in [0, 0.1) is 0 Å². The summed E-state index contributed by atoms with van der Waals surface area (Å²) >= 11 is 0. The first-order valence-electron chi connectivity index (χ1n) is 10.9. The number of carboxylic acid groups (broad SMARTS) is 1. The lowest BCUT2D eigenvalue weighted by Crippen LogP contribution is -2.35. The molecule has 0 bridgehead atoms. The molecule has 2 aliphatic rings. The van der Waals surface area contributed by atoms with Crippen molar-refractivity contribution in [3.8, 4) is 0 Å². The Morgan fingerprint density at radius 2 is 1.38 bits per heavy atom. The highest BCUT2D eigenvalue weighted by molar-refractivity contribution is 5.92. The van der Waals surface area contributed by atoms with Gasteiger partial charge in [-0.3, -0.25) is 9.59 Å². The fraction of sp³-hybridized carbons (Fsp3) is 0.545. The molecule has 186 valence electrons. The number of carbonyl (C=O) groups excluding carboxylic acids is 5. The molecule has 1 atom stereocenters. The van der Waals surface area contributed by atoms with E-state index >= 15 is 0 Å². The maximum absolute atomic E-state index is 12.4. The molecule has 2 saturated heterocycles. The predicted octanol–water partition coefficient (Wildman–Crippen LogP) is -0.183. The third-order valence-corrected chi connectivity index (χ3v) is 5.09. The second-order valence-corrected chi connectivity index (χ2v) is 7.61. The lowest BCUT2D eigenvalue weighted by Gasteiger charge is -2.20. The van der Waals surface area contributed by atoms with Gasteiger partial charge in [-0.1, -0.05) is 0 Å². The van der Waals surface area contributed by atoms with Crippen LogP contribution >= 0.6 is 0 Å². The first-order chi connectivity index (χ1) is 16.2. The number of hydrogen-bond donors (Lipinski definition) is 1. The van der Waals surface area contributed by atoms with Crippen LogP contribution in [0.5, 0.6) is 0 Å². The quantitative estimate of drug-likeness (QED) is 0.239. The summed E-state index contributed by atoms with van der Waals surface area (Å²) in [5, 5.41) is 8.46. The molecule has 2 fully saturated rings. The van der Waals surface area contributed by atoms with Crippen LogP contribution in [0.15, 0.2) is 24.3 Å². The molecule has 12 heteroatoms. The van der Waals surface area contributed by atoms with Crippen molar-refractivity contribution < 1.29 is 48.1 Å². The summed E-state index contributed by atoms with van der Waals surface area (Å²) < 4.78 is 15.1. The lowest BCUT2D eigenvalue weighted by atomic mass is 10.1. The van der Waals surface area contributed by atoms with Gasteiger partial charge in [-0.05, 0) is 19.3 Å². The highest BCUT2D eigenvalue weighted by atomic mass is 16.5. The van der Waals surface area contributed by atoms with E-state index in [0.717, 1.165) is 24.6 Å². The molecule has 2 heterocycles. The van der Waals surface area contributed by atoms with Gasteiger partial charge >= 0.3 is 23.9 Å². The van der Waals surface area contributed by atoms with E-state index in [-0.39, 0.29) is 38.0 Å². The van der Waals surface area contributed by atoms with Crippen LogP contribution in [0.4, 0.5) is 0 Å². The fourth-order valence-electron chi connectivity index (χ4n) is 3.43. The van der Waals surface area contributed by atoms with Crippen molar-refractivity contribution in [2.24, 2.45) is 0 Å². The maximum atomic E-state index is 12.4. The number of amides is 2. The average molecular weight is 480 g/mol. The van der Waals surface area contributed by atoms with E-state index in [0.29, 0.717) is 45.0 Å². The van der Waals surface area contributed by atoms with Gasteiger partial charge in [0.15, 0.2) is 0 Å². The van der Waals surface area contributed by atoms with Crippen LogP contribution < -0.4 is 0 Å². The van der Waals surface area contributed by atoms with Crippen molar-refractivity contribution in [3.05, 3.63) is 24.3 Å². The molecule has 0 spiro atoms. The smallest absolute Gasteiger partial charge is 0.331 e. The Labute approximate surface area is 196 Å². The number of hydrogen-bond acceptors (Lipinski definition) is 9. The van der Waals surface area contributed by atoms with Gasteiger partial charge in [-0.2, -0.15) is 0 Å². The lowest BCUT2D eigenvalue weighted by molar-refractivity contribution is -0.147. The molecule has 0 saturated carbocycles. The number of carbonyl (C=O) groups is 6. The summed E-state index contributed by atoms with van der Waals surface area (Å²) in [6, 6.07) is 0. The zero-order valence-corrected chi connectivity index (χ0v) is 18.7. The molecule has 2 amide bonds. The van der Waals surface area contributed by atoms with Gasteiger partial charge in [0.05, 0.1) is 19.5 Å². The van der Waals surface area contributed by atoms with Gasteiger partial charge in [0.25, 0.3) is 0 Å². The third-order valence-electron chi connectivity index (χ3n) is 5.09. The zero-order chi connectivity index (χ0) is 24.9. The molecule has 0 radical (unpaired) electrons. The Balaban J connectivity index is 1.67. The summed E-state index contributed by atoms with van der Waals surface area (Å²) in [6.45, 7) is 1.39. The molecule has 1 N–H and O–H groups in total. The van der Waals surface area contributed by atoms with Gasteiger partial charge in [0.1, 0.15) is 19.3 Å². The van der Waals surface area contributed by atoms with E-state index in [1.807, 2.05) is 0 Å². The Morgan fingerprint density at radius 1 is 0.824 bits per heavy atom. The van der Waals surface area contributed by atoms with E-state index in [2.05, 4.69) is 0 Å². The Kier molecular flexibility index (Phi) is 10.7. The molecule has 0 aromatic heterocycles. The highest BCUT2D eigenvalue weighted by Crippen LogP contribution is 2.16. The molecule has 1 unspecified atom stereocenters. The Hall–Kier alpha value is -3.70. The van der Waals surface area contributed by atoms with Crippen LogP contribution in [0.1, 0.15) is 32.1 Å². The molecule has 34 heavy (non-hydrogen) atoms. The molecule has 0 aromatic rings. The van der Waals surface area contributed by atoms with Crippen LogP contribution in [-0.2, 0) is 43.0 Å². The molecule has 0 aromatic carbocycles. The van der Waals surface area contributed by atoms with Gasteiger partial charge in [0.2, 0.25) is 11.8 Å². The van der Waals surface area contributed by atoms with E-state index in [1.54, 1.807) is 4.90 Å². The first kappa shape index (κ1) is 26.6. The predicted molar refractivity (Wildman–Crippen MR) is 114 cm³/mol. The van der Waals surface area contributed by atoms with Gasteiger partial charge in [-0.25, -0.2) is 19.2 Å². The van der Waals surface area contributed by atoms with Crippen molar-refractivity contribution in [1.29, 1.82) is 0 Å². The SMILES string of the molecule is O=C(O)/C=C/C(=O)OCCN1CCCC(OC(=O)/C=C/C(=O)OCCN2CCCC2=O)CC1=O. The number of nitrogens with zero attached hydrogens (tertiary/aromatic N) is 2. The summed E-state index contributed by atoms with van der Waals surface area (Å²) in [4.78, 5) is 72.4. The van der Waals surface area contributed by atoms with Crippen molar-refractivity contribution >= 4 is 35.7 Å². The minimum absolute atomic E-state index is 0.0283. The average Bonchev–Trinajstić information content (AvgIpc) is 3.11. The van der Waals surface area contributed by atoms with Gasteiger partial charge in [0, 0.05) is 43.8 Å². The second-order valence-electron chi connectivity index (χ2n) is 7.61. The molecule has 2 rings (SSSR count). The van der Waals surface area contributed by atoms with Crippen molar-refractivity contribution in [1.82, 2.24) is 9.80 Å². The van der Waals surface area contributed by atoms with E-state index in [9.17, 15) is 28.8 Å². The van der Waals surface area contributed by atoms with Crippen molar-refractivity contribution in [3.63, 3.8) is 0 Å². The van der Waals surface area contributed by atoms with Crippen LogP contribution in [0.2, 0.25) is 0 Å². The Bertz CT molecular complexity index is 851. The molecular weight excluding hydrogens is 452 g/mol. The van der Waals surface area contributed by atoms with E-state index in [1.165, 1.54) is 4.90 Å². The molecule has 0 aliphatic carbocycles. The number of esters is 3.